The van der Waals surface area contributed by atoms with E-state index in [0.717, 1.165) is 12.0 Å². The Morgan fingerprint density at radius 3 is 2.42 bits per heavy atom. The highest BCUT2D eigenvalue weighted by Gasteiger charge is 2.40. The number of halogens is 2. The van der Waals surface area contributed by atoms with Crippen LogP contribution in [0.25, 0.3) is 0 Å². The lowest BCUT2D eigenvalue weighted by atomic mass is 9.81. The van der Waals surface area contributed by atoms with Gasteiger partial charge in [0.2, 0.25) is 0 Å². The fourth-order valence-electron chi connectivity index (χ4n) is 3.11. The van der Waals surface area contributed by atoms with Crippen LogP contribution >= 0.6 is 23.2 Å². The van der Waals surface area contributed by atoms with E-state index in [1.807, 2.05) is 12.1 Å². The van der Waals surface area contributed by atoms with Crippen LogP contribution in [-0.2, 0) is 11.2 Å². The van der Waals surface area contributed by atoms with Crippen molar-refractivity contribution in [2.24, 2.45) is 17.6 Å². The van der Waals surface area contributed by atoms with Crippen LogP contribution in [0.15, 0.2) is 18.2 Å². The zero-order chi connectivity index (χ0) is 14.2. The second-order valence-corrected chi connectivity index (χ2v) is 6.43. The minimum absolute atomic E-state index is 0.0497. The molecule has 5 unspecified atom stereocenters. The maximum absolute atomic E-state index is 6.39. The lowest BCUT2D eigenvalue weighted by Gasteiger charge is -2.26. The summed E-state index contributed by atoms with van der Waals surface area (Å²) < 4.78 is 5.86. The quantitative estimate of drug-likeness (QED) is 0.918. The Morgan fingerprint density at radius 2 is 1.89 bits per heavy atom. The third-order valence-electron chi connectivity index (χ3n) is 4.28. The molecule has 5 atom stereocenters. The van der Waals surface area contributed by atoms with Crippen molar-refractivity contribution in [3.05, 3.63) is 33.8 Å². The van der Waals surface area contributed by atoms with Gasteiger partial charge in [-0.15, -0.1) is 0 Å². The summed E-state index contributed by atoms with van der Waals surface area (Å²) in [6, 6.07) is 5.63. The fourth-order valence-corrected chi connectivity index (χ4v) is 3.59. The predicted molar refractivity (Wildman–Crippen MR) is 80.8 cm³/mol. The van der Waals surface area contributed by atoms with Crippen LogP contribution in [0.3, 0.4) is 0 Å². The van der Waals surface area contributed by atoms with Crippen molar-refractivity contribution in [1.29, 1.82) is 0 Å². The maximum Gasteiger partial charge on any atom is 0.0597 e. The van der Waals surface area contributed by atoms with E-state index in [1.165, 1.54) is 0 Å². The molecular formula is C15H21Cl2NO. The average Bonchev–Trinajstić information content (AvgIpc) is 2.57. The van der Waals surface area contributed by atoms with E-state index >= 15 is 0 Å². The first-order chi connectivity index (χ1) is 8.90. The van der Waals surface area contributed by atoms with Gasteiger partial charge in [-0.25, -0.2) is 0 Å². The molecule has 0 bridgehead atoms. The molecule has 0 spiro atoms. The van der Waals surface area contributed by atoms with E-state index in [-0.39, 0.29) is 18.2 Å². The molecule has 1 aliphatic heterocycles. The van der Waals surface area contributed by atoms with Gasteiger partial charge >= 0.3 is 0 Å². The summed E-state index contributed by atoms with van der Waals surface area (Å²) in [7, 11) is 0. The van der Waals surface area contributed by atoms with Gasteiger partial charge in [-0.3, -0.25) is 0 Å². The van der Waals surface area contributed by atoms with Gasteiger partial charge in [0.05, 0.1) is 12.2 Å². The number of nitrogens with two attached hydrogens (primary N) is 1. The summed E-state index contributed by atoms with van der Waals surface area (Å²) in [5.41, 5.74) is 7.44. The summed E-state index contributed by atoms with van der Waals surface area (Å²) in [4.78, 5) is 0. The first-order valence-electron chi connectivity index (χ1n) is 6.75. The van der Waals surface area contributed by atoms with Crippen molar-refractivity contribution in [3.8, 4) is 0 Å². The van der Waals surface area contributed by atoms with Gasteiger partial charge in [0.25, 0.3) is 0 Å². The molecule has 0 radical (unpaired) electrons. The molecule has 1 saturated heterocycles. The van der Waals surface area contributed by atoms with Crippen LogP contribution < -0.4 is 5.73 Å². The molecule has 4 heteroatoms. The first-order valence-corrected chi connectivity index (χ1v) is 7.50. The molecule has 1 aromatic rings. The van der Waals surface area contributed by atoms with E-state index < -0.39 is 0 Å². The van der Waals surface area contributed by atoms with Crippen molar-refractivity contribution < 1.29 is 4.74 Å². The number of rotatable bonds is 3. The summed E-state index contributed by atoms with van der Waals surface area (Å²) in [6.07, 6.45) is 1.23. The van der Waals surface area contributed by atoms with Crippen molar-refractivity contribution in [1.82, 2.24) is 0 Å². The van der Waals surface area contributed by atoms with Gasteiger partial charge < -0.3 is 10.5 Å². The number of hydrogen-bond acceptors (Lipinski definition) is 2. The van der Waals surface area contributed by atoms with Gasteiger partial charge in [0, 0.05) is 22.0 Å². The second-order valence-electron chi connectivity index (χ2n) is 5.59. The smallest absolute Gasteiger partial charge is 0.0597 e. The minimum Gasteiger partial charge on any atom is -0.375 e. The Labute approximate surface area is 125 Å². The molecule has 0 aromatic heterocycles. The van der Waals surface area contributed by atoms with Gasteiger partial charge in [-0.05, 0) is 43.9 Å². The van der Waals surface area contributed by atoms with Crippen LogP contribution in [0.4, 0.5) is 0 Å². The van der Waals surface area contributed by atoms with E-state index in [9.17, 15) is 0 Å². The van der Waals surface area contributed by atoms with E-state index in [2.05, 4.69) is 20.8 Å². The van der Waals surface area contributed by atoms with Crippen molar-refractivity contribution in [3.63, 3.8) is 0 Å². The van der Waals surface area contributed by atoms with Gasteiger partial charge in [-0.2, -0.15) is 0 Å². The van der Waals surface area contributed by atoms with Gasteiger partial charge in [0.15, 0.2) is 0 Å². The molecule has 1 aliphatic rings. The highest BCUT2D eigenvalue weighted by molar-refractivity contribution is 6.35. The highest BCUT2D eigenvalue weighted by Crippen LogP contribution is 2.35. The molecule has 0 aliphatic carbocycles. The lowest BCUT2D eigenvalue weighted by Crippen LogP contribution is -2.39. The van der Waals surface area contributed by atoms with E-state index in [4.69, 9.17) is 33.7 Å². The Hall–Kier alpha value is -0.280. The zero-order valence-corrected chi connectivity index (χ0v) is 13.1. The molecular weight excluding hydrogens is 281 g/mol. The minimum atomic E-state index is 0.0497. The second kappa shape index (κ2) is 6.01. The van der Waals surface area contributed by atoms with Gasteiger partial charge in [0.1, 0.15) is 0 Å². The van der Waals surface area contributed by atoms with Crippen LogP contribution in [0.2, 0.25) is 10.0 Å². The SMILES string of the molecule is CC1OC(C)C(C(N)Cc2ccc(Cl)cc2Cl)C1C. The predicted octanol–water partition coefficient (Wildman–Crippen LogP) is 3.92. The molecule has 0 amide bonds. The van der Waals surface area contributed by atoms with Crippen LogP contribution in [0, 0.1) is 11.8 Å². The Morgan fingerprint density at radius 1 is 1.21 bits per heavy atom. The normalized spacial score (nSPS) is 32.5. The van der Waals surface area contributed by atoms with E-state index in [1.54, 1.807) is 6.07 Å². The third-order valence-corrected chi connectivity index (χ3v) is 4.87. The number of benzene rings is 1. The molecule has 106 valence electrons. The Kier molecular flexibility index (Phi) is 4.78. The van der Waals surface area contributed by atoms with Crippen molar-refractivity contribution in [2.45, 2.75) is 45.4 Å². The zero-order valence-electron chi connectivity index (χ0n) is 11.6. The number of hydrogen-bond donors (Lipinski definition) is 1. The fraction of sp³-hybridized carbons (Fsp3) is 0.600. The van der Waals surface area contributed by atoms with Crippen LogP contribution in [-0.4, -0.2) is 18.2 Å². The van der Waals surface area contributed by atoms with Crippen molar-refractivity contribution in [2.75, 3.05) is 0 Å². The molecule has 19 heavy (non-hydrogen) atoms. The van der Waals surface area contributed by atoms with Crippen LogP contribution in [0.5, 0.6) is 0 Å². The molecule has 1 aromatic carbocycles. The summed E-state index contributed by atoms with van der Waals surface area (Å²) in [5.74, 6) is 0.831. The topological polar surface area (TPSA) is 35.2 Å². The largest absolute Gasteiger partial charge is 0.375 e. The third kappa shape index (κ3) is 3.25. The number of ether oxygens (including phenoxy) is 1. The monoisotopic (exact) mass is 301 g/mol. The first kappa shape index (κ1) is 15.1. The van der Waals surface area contributed by atoms with E-state index in [0.29, 0.717) is 21.9 Å². The average molecular weight is 302 g/mol. The lowest BCUT2D eigenvalue weighted by molar-refractivity contribution is 0.0490. The summed E-state index contributed by atoms with van der Waals surface area (Å²) in [6.45, 7) is 6.43. The Balaban J connectivity index is 2.10. The van der Waals surface area contributed by atoms with Crippen molar-refractivity contribution >= 4 is 23.2 Å². The molecule has 0 saturated carbocycles. The maximum atomic E-state index is 6.39. The molecule has 1 heterocycles. The molecule has 2 N–H and O–H groups in total. The molecule has 2 nitrogen and oxygen atoms in total. The molecule has 2 rings (SSSR count). The molecule has 1 fully saturated rings. The van der Waals surface area contributed by atoms with Crippen LogP contribution in [0.1, 0.15) is 26.3 Å². The standard InChI is InChI=1S/C15H21Cl2NO/c1-8-9(2)19-10(3)15(8)14(18)6-11-4-5-12(16)7-13(11)17/h4-5,7-10,14-15H,6,18H2,1-3H3. The summed E-state index contributed by atoms with van der Waals surface area (Å²) in [5, 5.41) is 1.34. The van der Waals surface area contributed by atoms with Gasteiger partial charge in [-0.1, -0.05) is 36.2 Å². The highest BCUT2D eigenvalue weighted by atomic mass is 35.5. The summed E-state index contributed by atoms with van der Waals surface area (Å²) >= 11 is 12.1. The Bertz CT molecular complexity index is 452.